The average molecular weight is 277 g/mol. The van der Waals surface area contributed by atoms with Crippen LogP contribution in [0.4, 0.5) is 4.39 Å². The van der Waals surface area contributed by atoms with Crippen molar-refractivity contribution in [1.29, 1.82) is 5.26 Å². The van der Waals surface area contributed by atoms with Gasteiger partial charge in [-0.1, -0.05) is 26.0 Å². The van der Waals surface area contributed by atoms with Gasteiger partial charge < -0.3 is 10.6 Å². The number of nitriles is 1. The van der Waals surface area contributed by atoms with Crippen LogP contribution in [0.5, 0.6) is 0 Å². The Balaban J connectivity index is 2.54. The minimum absolute atomic E-state index is 0.0164. The topological polar surface area (TPSA) is 64.9 Å². The molecule has 0 aromatic heterocycles. The molecule has 0 aliphatic rings. The summed E-state index contributed by atoms with van der Waals surface area (Å²) in [6, 6.07) is 8.23. The van der Waals surface area contributed by atoms with E-state index in [0.717, 1.165) is 5.56 Å². The molecule has 1 atom stereocenters. The minimum Gasteiger partial charge on any atom is -0.354 e. The first kappa shape index (κ1) is 16.1. The number of carbonyl (C=O) groups excluding carboxylic acids is 1. The minimum atomic E-state index is -0.273. The fourth-order valence-corrected chi connectivity index (χ4v) is 1.93. The van der Waals surface area contributed by atoms with E-state index in [1.54, 1.807) is 12.1 Å². The highest BCUT2D eigenvalue weighted by Gasteiger charge is 2.16. The normalized spacial score (nSPS) is 11.9. The molecule has 0 bridgehead atoms. The summed E-state index contributed by atoms with van der Waals surface area (Å²) in [4.78, 5) is 11.6. The monoisotopic (exact) mass is 277 g/mol. The number of amides is 1. The first-order valence-corrected chi connectivity index (χ1v) is 6.67. The number of nitrogens with zero attached hydrogens (tertiary/aromatic N) is 1. The average Bonchev–Trinajstić information content (AvgIpc) is 2.41. The van der Waals surface area contributed by atoms with Crippen molar-refractivity contribution in [3.8, 4) is 6.07 Å². The number of hydrogen-bond acceptors (Lipinski definition) is 3. The third-order valence-electron chi connectivity index (χ3n) is 2.94. The second kappa shape index (κ2) is 8.28. The second-order valence-electron chi connectivity index (χ2n) is 4.91. The van der Waals surface area contributed by atoms with Crippen LogP contribution in [0, 0.1) is 23.1 Å². The van der Waals surface area contributed by atoms with Crippen LogP contribution in [-0.4, -0.2) is 19.0 Å². The summed E-state index contributed by atoms with van der Waals surface area (Å²) in [6.07, 6.45) is 0.303. The van der Waals surface area contributed by atoms with Crippen LogP contribution < -0.4 is 10.6 Å². The van der Waals surface area contributed by atoms with E-state index in [2.05, 4.69) is 10.6 Å². The number of hydrogen-bond donors (Lipinski definition) is 2. The van der Waals surface area contributed by atoms with Crippen LogP contribution in [-0.2, 0) is 4.79 Å². The Hall–Kier alpha value is -1.93. The zero-order chi connectivity index (χ0) is 15.0. The number of benzene rings is 1. The van der Waals surface area contributed by atoms with E-state index in [4.69, 9.17) is 5.26 Å². The molecule has 4 nitrogen and oxygen atoms in total. The predicted molar refractivity (Wildman–Crippen MR) is 75.2 cm³/mol. The molecule has 1 aromatic carbocycles. The molecule has 0 heterocycles. The predicted octanol–water partition coefficient (Wildman–Crippen LogP) is 2.14. The smallest absolute Gasteiger partial charge is 0.234 e. The zero-order valence-electron chi connectivity index (χ0n) is 11.8. The van der Waals surface area contributed by atoms with E-state index in [-0.39, 0.29) is 30.2 Å². The lowest BCUT2D eigenvalue weighted by Gasteiger charge is -2.22. The van der Waals surface area contributed by atoms with Gasteiger partial charge in [-0.25, -0.2) is 4.39 Å². The lowest BCUT2D eigenvalue weighted by atomic mass is 9.96. The molecular formula is C15H20FN3O. The standard InChI is InChI=1S/C15H20FN3O/c1-11(2)15(12-4-6-13(16)7-5-12)19-10-14(20)18-9-3-8-17/h4-7,11,15,19H,3,9-10H2,1-2H3,(H,18,20)/t15-/m1/s1. The van der Waals surface area contributed by atoms with Crippen molar-refractivity contribution in [3.63, 3.8) is 0 Å². The Labute approximate surface area is 119 Å². The van der Waals surface area contributed by atoms with E-state index in [9.17, 15) is 9.18 Å². The van der Waals surface area contributed by atoms with Gasteiger partial charge in [0.2, 0.25) is 5.91 Å². The van der Waals surface area contributed by atoms with Crippen LogP contribution in [0.2, 0.25) is 0 Å². The first-order chi connectivity index (χ1) is 9.54. The highest BCUT2D eigenvalue weighted by Crippen LogP contribution is 2.21. The highest BCUT2D eigenvalue weighted by atomic mass is 19.1. The molecule has 1 amide bonds. The Morgan fingerprint density at radius 2 is 2.00 bits per heavy atom. The highest BCUT2D eigenvalue weighted by molar-refractivity contribution is 5.78. The number of nitrogens with one attached hydrogen (secondary N) is 2. The summed E-state index contributed by atoms with van der Waals surface area (Å²) in [5, 5.41) is 14.2. The lowest BCUT2D eigenvalue weighted by molar-refractivity contribution is -0.120. The molecule has 0 saturated carbocycles. The molecule has 20 heavy (non-hydrogen) atoms. The number of halogens is 1. The summed E-state index contributed by atoms with van der Waals surface area (Å²) < 4.78 is 12.9. The Bertz CT molecular complexity index is 465. The SMILES string of the molecule is CC(C)[C@@H](NCC(=O)NCCC#N)c1ccc(F)cc1. The molecule has 1 aromatic rings. The van der Waals surface area contributed by atoms with Crippen LogP contribution >= 0.6 is 0 Å². The van der Waals surface area contributed by atoms with Crippen molar-refractivity contribution in [1.82, 2.24) is 10.6 Å². The van der Waals surface area contributed by atoms with Gasteiger partial charge in [0.1, 0.15) is 5.82 Å². The van der Waals surface area contributed by atoms with Gasteiger partial charge in [0.15, 0.2) is 0 Å². The van der Waals surface area contributed by atoms with Crippen LogP contribution in [0.25, 0.3) is 0 Å². The van der Waals surface area contributed by atoms with E-state index < -0.39 is 0 Å². The largest absolute Gasteiger partial charge is 0.354 e. The summed E-state index contributed by atoms with van der Waals surface area (Å²) in [5.41, 5.74) is 0.950. The summed E-state index contributed by atoms with van der Waals surface area (Å²) in [6.45, 7) is 4.61. The first-order valence-electron chi connectivity index (χ1n) is 6.67. The van der Waals surface area contributed by atoms with Gasteiger partial charge in [-0.15, -0.1) is 0 Å². The summed E-state index contributed by atoms with van der Waals surface area (Å²) >= 11 is 0. The van der Waals surface area contributed by atoms with Crippen molar-refractivity contribution in [2.45, 2.75) is 26.3 Å². The van der Waals surface area contributed by atoms with Gasteiger partial charge in [0, 0.05) is 12.6 Å². The van der Waals surface area contributed by atoms with Crippen molar-refractivity contribution >= 4 is 5.91 Å². The summed E-state index contributed by atoms with van der Waals surface area (Å²) in [7, 11) is 0. The summed E-state index contributed by atoms with van der Waals surface area (Å²) in [5.74, 6) is -0.147. The van der Waals surface area contributed by atoms with Crippen LogP contribution in [0.3, 0.4) is 0 Å². The molecule has 0 aliphatic heterocycles. The molecule has 1 rings (SSSR count). The van der Waals surface area contributed by atoms with Crippen LogP contribution in [0.1, 0.15) is 31.9 Å². The molecule has 0 fully saturated rings. The van der Waals surface area contributed by atoms with Crippen molar-refractivity contribution in [2.24, 2.45) is 5.92 Å². The third kappa shape index (κ3) is 5.37. The van der Waals surface area contributed by atoms with Gasteiger partial charge in [-0.2, -0.15) is 5.26 Å². The van der Waals surface area contributed by atoms with E-state index in [1.807, 2.05) is 19.9 Å². The van der Waals surface area contributed by atoms with E-state index in [1.165, 1.54) is 12.1 Å². The second-order valence-corrected chi connectivity index (χ2v) is 4.91. The molecule has 0 unspecified atom stereocenters. The van der Waals surface area contributed by atoms with Gasteiger partial charge in [0.25, 0.3) is 0 Å². The Morgan fingerprint density at radius 1 is 1.35 bits per heavy atom. The molecule has 0 aliphatic carbocycles. The maximum atomic E-state index is 12.9. The third-order valence-corrected chi connectivity index (χ3v) is 2.94. The van der Waals surface area contributed by atoms with Gasteiger partial charge in [-0.3, -0.25) is 4.79 Å². The van der Waals surface area contributed by atoms with Gasteiger partial charge in [-0.05, 0) is 23.6 Å². The number of rotatable bonds is 7. The molecule has 0 radical (unpaired) electrons. The van der Waals surface area contributed by atoms with Gasteiger partial charge in [0.05, 0.1) is 19.0 Å². The Kier molecular flexibility index (Phi) is 6.68. The molecule has 0 spiro atoms. The molecule has 108 valence electrons. The lowest BCUT2D eigenvalue weighted by Crippen LogP contribution is -2.37. The van der Waals surface area contributed by atoms with E-state index >= 15 is 0 Å². The molecule has 0 saturated heterocycles. The van der Waals surface area contributed by atoms with E-state index in [0.29, 0.717) is 13.0 Å². The number of carbonyl (C=O) groups is 1. The molecular weight excluding hydrogens is 257 g/mol. The fourth-order valence-electron chi connectivity index (χ4n) is 1.93. The maximum absolute atomic E-state index is 12.9. The maximum Gasteiger partial charge on any atom is 0.234 e. The Morgan fingerprint density at radius 3 is 2.55 bits per heavy atom. The quantitative estimate of drug-likeness (QED) is 0.750. The molecule has 5 heteroatoms. The van der Waals surface area contributed by atoms with Crippen molar-refractivity contribution in [2.75, 3.05) is 13.1 Å². The fraction of sp³-hybridized carbons (Fsp3) is 0.467. The zero-order valence-corrected chi connectivity index (χ0v) is 11.8. The van der Waals surface area contributed by atoms with Crippen LogP contribution in [0.15, 0.2) is 24.3 Å². The molecule has 2 N–H and O–H groups in total. The van der Waals surface area contributed by atoms with Crippen molar-refractivity contribution < 1.29 is 9.18 Å². The van der Waals surface area contributed by atoms with Crippen molar-refractivity contribution in [3.05, 3.63) is 35.6 Å². The van der Waals surface area contributed by atoms with Gasteiger partial charge >= 0.3 is 0 Å².